The van der Waals surface area contributed by atoms with E-state index in [2.05, 4.69) is 4.74 Å². The topological polar surface area (TPSA) is 70.1 Å². The van der Waals surface area contributed by atoms with Gasteiger partial charge in [-0.3, -0.25) is 14.9 Å². The highest BCUT2D eigenvalue weighted by Crippen LogP contribution is 2.35. The van der Waals surface area contributed by atoms with E-state index in [0.29, 0.717) is 15.6 Å². The predicted octanol–water partition coefficient (Wildman–Crippen LogP) is 2.29. The lowest BCUT2D eigenvalue weighted by atomic mass is 10.1. The standard InChI is InChI=1S/C11H10Cl2N2O4/c1-19-11(17)14-5-9(16)15(18)10(14)7-3-2-6(12)4-8(7)13/h2-4,10,18H,5H2,1H3/t10-/m1/s1. The third-order valence-corrected chi connectivity index (χ3v) is 3.30. The van der Waals surface area contributed by atoms with Crippen molar-refractivity contribution in [3.05, 3.63) is 33.8 Å². The monoisotopic (exact) mass is 304 g/mol. The van der Waals surface area contributed by atoms with Crippen LogP contribution in [0.15, 0.2) is 18.2 Å². The molecule has 1 saturated heterocycles. The molecule has 0 radical (unpaired) electrons. The van der Waals surface area contributed by atoms with Gasteiger partial charge in [-0.1, -0.05) is 29.3 Å². The van der Waals surface area contributed by atoms with E-state index in [9.17, 15) is 14.8 Å². The first-order valence-electron chi connectivity index (χ1n) is 5.26. The van der Waals surface area contributed by atoms with Crippen LogP contribution in [0.1, 0.15) is 11.7 Å². The Balaban J connectivity index is 2.44. The molecular formula is C11H10Cl2N2O4. The van der Waals surface area contributed by atoms with Gasteiger partial charge < -0.3 is 4.74 Å². The molecule has 6 nitrogen and oxygen atoms in total. The molecule has 0 saturated carbocycles. The summed E-state index contributed by atoms with van der Waals surface area (Å²) in [6.45, 7) is -0.285. The van der Waals surface area contributed by atoms with Crippen molar-refractivity contribution in [2.75, 3.05) is 13.7 Å². The van der Waals surface area contributed by atoms with E-state index in [1.54, 1.807) is 6.07 Å². The maximum atomic E-state index is 11.6. The van der Waals surface area contributed by atoms with Crippen molar-refractivity contribution in [2.45, 2.75) is 6.17 Å². The number of rotatable bonds is 1. The molecule has 1 aromatic carbocycles. The van der Waals surface area contributed by atoms with Crippen LogP contribution in [0, 0.1) is 0 Å². The van der Waals surface area contributed by atoms with E-state index < -0.39 is 18.2 Å². The minimum Gasteiger partial charge on any atom is -0.453 e. The molecule has 1 N–H and O–H groups in total. The average Bonchev–Trinajstić information content (AvgIpc) is 2.66. The molecule has 19 heavy (non-hydrogen) atoms. The summed E-state index contributed by atoms with van der Waals surface area (Å²) in [6, 6.07) is 4.55. The van der Waals surface area contributed by atoms with E-state index in [-0.39, 0.29) is 11.6 Å². The van der Waals surface area contributed by atoms with E-state index >= 15 is 0 Å². The first-order valence-corrected chi connectivity index (χ1v) is 6.01. The Kier molecular flexibility index (Phi) is 3.84. The molecule has 102 valence electrons. The number of ether oxygens (including phenoxy) is 1. The number of carbonyl (C=O) groups excluding carboxylic acids is 2. The van der Waals surface area contributed by atoms with Crippen molar-refractivity contribution in [3.63, 3.8) is 0 Å². The zero-order valence-electron chi connectivity index (χ0n) is 9.84. The van der Waals surface area contributed by atoms with E-state index in [0.717, 1.165) is 4.90 Å². The Morgan fingerprint density at radius 3 is 2.74 bits per heavy atom. The minimum absolute atomic E-state index is 0.236. The Hall–Kier alpha value is -1.50. The van der Waals surface area contributed by atoms with Crippen molar-refractivity contribution in [3.8, 4) is 0 Å². The van der Waals surface area contributed by atoms with Crippen LogP contribution in [0.3, 0.4) is 0 Å². The van der Waals surface area contributed by atoms with Gasteiger partial charge in [-0.05, 0) is 12.1 Å². The number of hydrogen-bond donors (Lipinski definition) is 1. The predicted molar refractivity (Wildman–Crippen MR) is 66.9 cm³/mol. The second-order valence-corrected chi connectivity index (χ2v) is 4.72. The van der Waals surface area contributed by atoms with Crippen molar-refractivity contribution >= 4 is 35.2 Å². The molecule has 0 bridgehead atoms. The number of methoxy groups -OCH3 is 1. The fraction of sp³-hybridized carbons (Fsp3) is 0.273. The molecule has 1 atom stereocenters. The number of amides is 2. The van der Waals surface area contributed by atoms with Gasteiger partial charge in [-0.25, -0.2) is 4.79 Å². The van der Waals surface area contributed by atoms with Gasteiger partial charge in [-0.15, -0.1) is 0 Å². The SMILES string of the molecule is COC(=O)N1CC(=O)N(O)[C@@H]1c1ccc(Cl)cc1Cl. The van der Waals surface area contributed by atoms with Crippen molar-refractivity contribution in [1.82, 2.24) is 9.96 Å². The molecule has 2 rings (SSSR count). The minimum atomic E-state index is -1.02. The van der Waals surface area contributed by atoms with Crippen LogP contribution < -0.4 is 0 Å². The van der Waals surface area contributed by atoms with E-state index in [1.807, 2.05) is 0 Å². The van der Waals surface area contributed by atoms with Gasteiger partial charge in [0, 0.05) is 15.6 Å². The van der Waals surface area contributed by atoms with Gasteiger partial charge in [0.25, 0.3) is 5.91 Å². The Morgan fingerprint density at radius 1 is 1.47 bits per heavy atom. The molecule has 2 amide bonds. The van der Waals surface area contributed by atoms with Gasteiger partial charge >= 0.3 is 6.09 Å². The molecular weight excluding hydrogens is 295 g/mol. The second kappa shape index (κ2) is 5.24. The maximum absolute atomic E-state index is 11.6. The van der Waals surface area contributed by atoms with Crippen LogP contribution >= 0.6 is 23.2 Å². The number of hydrogen-bond acceptors (Lipinski definition) is 4. The van der Waals surface area contributed by atoms with Gasteiger partial charge in [0.05, 0.1) is 7.11 Å². The summed E-state index contributed by atoms with van der Waals surface area (Å²) in [4.78, 5) is 24.2. The number of hydroxylamine groups is 2. The number of nitrogens with zero attached hydrogens (tertiary/aromatic N) is 2. The largest absolute Gasteiger partial charge is 0.453 e. The van der Waals surface area contributed by atoms with Crippen molar-refractivity contribution < 1.29 is 19.5 Å². The second-order valence-electron chi connectivity index (χ2n) is 3.88. The Labute approximate surface area is 119 Å². The smallest absolute Gasteiger partial charge is 0.411 e. The summed E-state index contributed by atoms with van der Waals surface area (Å²) >= 11 is 11.8. The van der Waals surface area contributed by atoms with Crippen LogP contribution in [-0.4, -0.2) is 40.8 Å². The summed E-state index contributed by atoms with van der Waals surface area (Å²) < 4.78 is 4.57. The van der Waals surface area contributed by atoms with E-state index in [1.165, 1.54) is 19.2 Å². The number of carbonyl (C=O) groups is 2. The molecule has 1 aliphatic rings. The highest BCUT2D eigenvalue weighted by molar-refractivity contribution is 6.35. The highest BCUT2D eigenvalue weighted by atomic mass is 35.5. The lowest BCUT2D eigenvalue weighted by molar-refractivity contribution is -0.169. The summed E-state index contributed by atoms with van der Waals surface area (Å²) in [5, 5.41) is 10.9. The highest BCUT2D eigenvalue weighted by Gasteiger charge is 2.42. The Bertz CT molecular complexity index is 537. The van der Waals surface area contributed by atoms with E-state index in [4.69, 9.17) is 23.2 Å². The zero-order valence-corrected chi connectivity index (χ0v) is 11.4. The molecule has 1 heterocycles. The van der Waals surface area contributed by atoms with Gasteiger partial charge in [-0.2, -0.15) is 5.06 Å². The third kappa shape index (κ3) is 2.47. The van der Waals surface area contributed by atoms with Crippen LogP contribution in [0.2, 0.25) is 10.0 Å². The molecule has 1 fully saturated rings. The van der Waals surface area contributed by atoms with Crippen molar-refractivity contribution in [2.24, 2.45) is 0 Å². The lowest BCUT2D eigenvalue weighted by Crippen LogP contribution is -2.34. The summed E-state index contributed by atoms with van der Waals surface area (Å²) in [7, 11) is 1.19. The quantitative estimate of drug-likeness (QED) is 0.808. The first-order chi connectivity index (χ1) is 8.95. The molecule has 1 aliphatic heterocycles. The molecule has 1 aromatic rings. The first kappa shape index (κ1) is 13.9. The normalized spacial score (nSPS) is 18.9. The van der Waals surface area contributed by atoms with Gasteiger partial charge in [0.15, 0.2) is 6.17 Å². The number of benzene rings is 1. The lowest BCUT2D eigenvalue weighted by Gasteiger charge is -2.26. The maximum Gasteiger partial charge on any atom is 0.411 e. The average molecular weight is 305 g/mol. The Morgan fingerprint density at radius 2 is 2.16 bits per heavy atom. The van der Waals surface area contributed by atoms with Crippen LogP contribution in [0.5, 0.6) is 0 Å². The summed E-state index contributed by atoms with van der Waals surface area (Å²) in [5.41, 5.74) is 0.379. The summed E-state index contributed by atoms with van der Waals surface area (Å²) in [5.74, 6) is -0.624. The van der Waals surface area contributed by atoms with Gasteiger partial charge in [0.2, 0.25) is 0 Å². The zero-order chi connectivity index (χ0) is 14.2. The fourth-order valence-electron chi connectivity index (χ4n) is 1.87. The van der Waals surface area contributed by atoms with Crippen LogP contribution in [0.4, 0.5) is 4.79 Å². The molecule has 0 spiro atoms. The molecule has 0 aromatic heterocycles. The van der Waals surface area contributed by atoms with Crippen LogP contribution in [-0.2, 0) is 9.53 Å². The summed E-state index contributed by atoms with van der Waals surface area (Å²) in [6.07, 6.45) is -1.76. The van der Waals surface area contributed by atoms with Crippen LogP contribution in [0.25, 0.3) is 0 Å². The number of halogens is 2. The molecule has 0 unspecified atom stereocenters. The molecule has 0 aliphatic carbocycles. The fourth-order valence-corrected chi connectivity index (χ4v) is 2.37. The molecule has 8 heteroatoms. The van der Waals surface area contributed by atoms with Gasteiger partial charge in [0.1, 0.15) is 6.54 Å². The third-order valence-electron chi connectivity index (χ3n) is 2.74. The van der Waals surface area contributed by atoms with Crippen molar-refractivity contribution in [1.29, 1.82) is 0 Å².